The Morgan fingerprint density at radius 3 is 2.68 bits per heavy atom. The molecule has 0 aliphatic heterocycles. The van der Waals surface area contributed by atoms with E-state index < -0.39 is 0 Å². The highest BCUT2D eigenvalue weighted by Crippen LogP contribution is 2.28. The molecule has 1 atom stereocenters. The van der Waals surface area contributed by atoms with Crippen LogP contribution in [0.15, 0.2) is 16.8 Å². The number of nitrogens with one attached hydrogen (secondary N) is 2. The van der Waals surface area contributed by atoms with E-state index in [1.807, 2.05) is 34.7 Å². The van der Waals surface area contributed by atoms with Crippen molar-refractivity contribution in [2.24, 2.45) is 0 Å². The van der Waals surface area contributed by atoms with Crippen LogP contribution in [-0.4, -0.2) is 35.7 Å². The lowest BCUT2D eigenvalue weighted by molar-refractivity contribution is 0.0950. The van der Waals surface area contributed by atoms with Crippen molar-refractivity contribution in [3.63, 3.8) is 0 Å². The van der Waals surface area contributed by atoms with Crippen LogP contribution in [0.3, 0.4) is 0 Å². The largest absolute Gasteiger partial charge is 0.350 e. The lowest BCUT2D eigenvalue weighted by atomic mass is 9.90. The molecule has 0 aromatic carbocycles. The van der Waals surface area contributed by atoms with Gasteiger partial charge in [-0.25, -0.2) is 4.98 Å². The van der Waals surface area contributed by atoms with Gasteiger partial charge in [0.25, 0.3) is 11.6 Å². The Morgan fingerprint density at radius 2 is 2.09 bits per heavy atom. The van der Waals surface area contributed by atoms with E-state index in [0.29, 0.717) is 17.8 Å². The highest BCUT2D eigenvalue weighted by Gasteiger charge is 2.23. The van der Waals surface area contributed by atoms with Crippen LogP contribution in [0, 0.1) is 0 Å². The fourth-order valence-corrected chi connectivity index (χ4v) is 1.95. The highest BCUT2D eigenvalue weighted by atomic mass is 35.5. The van der Waals surface area contributed by atoms with Crippen LogP contribution in [0.4, 0.5) is 0 Å². The summed E-state index contributed by atoms with van der Waals surface area (Å²) in [5, 5.41) is 10.8. The van der Waals surface area contributed by atoms with E-state index in [2.05, 4.69) is 20.8 Å². The molecular formula is C15H23ClN4O2. The number of nitrogens with zero attached hydrogens (tertiary/aromatic N) is 2. The summed E-state index contributed by atoms with van der Waals surface area (Å²) in [4.78, 5) is 16.3. The Balaban J connectivity index is 0.00000242. The highest BCUT2D eigenvalue weighted by molar-refractivity contribution is 5.97. The second-order valence-electron chi connectivity index (χ2n) is 6.26. The molecule has 2 rings (SSSR count). The molecule has 1 amide bonds. The number of rotatable bonds is 4. The van der Waals surface area contributed by atoms with E-state index in [4.69, 9.17) is 4.52 Å². The Hall–Kier alpha value is -1.66. The fourth-order valence-electron chi connectivity index (χ4n) is 1.95. The summed E-state index contributed by atoms with van der Waals surface area (Å²) in [6.07, 6.45) is 1.51. The third-order valence-corrected chi connectivity index (χ3v) is 3.36. The van der Waals surface area contributed by atoms with Crippen LogP contribution < -0.4 is 10.6 Å². The predicted molar refractivity (Wildman–Crippen MR) is 88.6 cm³/mol. The zero-order chi connectivity index (χ0) is 15.6. The van der Waals surface area contributed by atoms with Crippen LogP contribution in [-0.2, 0) is 5.41 Å². The molecule has 1 unspecified atom stereocenters. The molecule has 0 fully saturated rings. The average Bonchev–Trinajstić information content (AvgIpc) is 2.87. The summed E-state index contributed by atoms with van der Waals surface area (Å²) in [7, 11) is 1.86. The summed E-state index contributed by atoms with van der Waals surface area (Å²) < 4.78 is 5.22. The van der Waals surface area contributed by atoms with Gasteiger partial charge in [0.05, 0.1) is 16.6 Å². The predicted octanol–water partition coefficient (Wildman–Crippen LogP) is 2.28. The van der Waals surface area contributed by atoms with Crippen LogP contribution >= 0.6 is 12.4 Å². The van der Waals surface area contributed by atoms with Gasteiger partial charge in [0.1, 0.15) is 0 Å². The van der Waals surface area contributed by atoms with Gasteiger partial charge in [-0.1, -0.05) is 25.9 Å². The number of hydrogen-bond donors (Lipinski definition) is 2. The van der Waals surface area contributed by atoms with Crippen molar-refractivity contribution >= 4 is 29.4 Å². The number of likely N-dealkylation sites (N-methyl/N-ethyl adjacent to an activating group) is 1. The molecule has 0 aliphatic rings. The quantitative estimate of drug-likeness (QED) is 0.901. The maximum Gasteiger partial charge on any atom is 0.257 e. The fraction of sp³-hybridized carbons (Fsp3) is 0.533. The molecule has 0 radical (unpaired) electrons. The van der Waals surface area contributed by atoms with Gasteiger partial charge in [-0.15, -0.1) is 12.4 Å². The molecule has 22 heavy (non-hydrogen) atoms. The molecule has 0 spiro atoms. The molecule has 122 valence electrons. The molecule has 7 heteroatoms. The summed E-state index contributed by atoms with van der Waals surface area (Å²) >= 11 is 0. The number of amides is 1. The summed E-state index contributed by atoms with van der Waals surface area (Å²) in [6.45, 7) is 8.70. The molecule has 6 nitrogen and oxygen atoms in total. The second-order valence-corrected chi connectivity index (χ2v) is 6.26. The van der Waals surface area contributed by atoms with Crippen molar-refractivity contribution < 1.29 is 9.32 Å². The van der Waals surface area contributed by atoms with Gasteiger partial charge >= 0.3 is 0 Å². The monoisotopic (exact) mass is 326 g/mol. The van der Waals surface area contributed by atoms with E-state index in [0.717, 1.165) is 11.1 Å². The van der Waals surface area contributed by atoms with Gasteiger partial charge in [0, 0.05) is 24.2 Å². The van der Waals surface area contributed by atoms with Crippen molar-refractivity contribution in [3.05, 3.63) is 23.5 Å². The third kappa shape index (κ3) is 3.96. The minimum atomic E-state index is -0.164. The van der Waals surface area contributed by atoms with Gasteiger partial charge in [0.15, 0.2) is 0 Å². The average molecular weight is 327 g/mol. The number of halogens is 1. The van der Waals surface area contributed by atoms with Crippen LogP contribution in [0.2, 0.25) is 0 Å². The first kappa shape index (κ1) is 18.4. The van der Waals surface area contributed by atoms with Gasteiger partial charge in [-0.2, -0.15) is 0 Å². The lowest BCUT2D eigenvalue weighted by Crippen LogP contribution is -2.37. The molecule has 2 aromatic rings. The normalized spacial score (nSPS) is 12.8. The standard InChI is InChI=1S/C15H22N4O2.ClH/c1-9(16-5)7-17-13(20)10-6-11-12(15(2,3)4)19-21-14(11)18-8-10;/h6,8-9,16H,7H2,1-5H3,(H,17,20);1H. The van der Waals surface area contributed by atoms with Gasteiger partial charge in [-0.05, 0) is 20.0 Å². The Kier molecular flexibility index (Phi) is 5.91. The van der Waals surface area contributed by atoms with Gasteiger partial charge in [0.2, 0.25) is 0 Å². The van der Waals surface area contributed by atoms with E-state index >= 15 is 0 Å². The Labute approximate surface area is 136 Å². The van der Waals surface area contributed by atoms with Crippen molar-refractivity contribution in [2.45, 2.75) is 39.2 Å². The zero-order valence-electron chi connectivity index (χ0n) is 13.6. The minimum absolute atomic E-state index is 0. The molecule has 0 aliphatic carbocycles. The van der Waals surface area contributed by atoms with E-state index in [1.54, 1.807) is 6.07 Å². The van der Waals surface area contributed by atoms with Gasteiger partial charge in [-0.3, -0.25) is 4.79 Å². The number of hydrogen-bond acceptors (Lipinski definition) is 5. The number of fused-ring (bicyclic) bond motifs is 1. The van der Waals surface area contributed by atoms with Crippen LogP contribution in [0.5, 0.6) is 0 Å². The first-order valence-corrected chi connectivity index (χ1v) is 7.04. The van der Waals surface area contributed by atoms with Crippen LogP contribution in [0.1, 0.15) is 43.7 Å². The maximum atomic E-state index is 12.2. The van der Waals surface area contributed by atoms with Crippen LogP contribution in [0.25, 0.3) is 11.1 Å². The SMILES string of the molecule is CNC(C)CNC(=O)c1cnc2onc(C(C)(C)C)c2c1.Cl. The molecule has 0 saturated carbocycles. The molecular weight excluding hydrogens is 304 g/mol. The number of carbonyl (C=O) groups excluding carboxylic acids is 1. The molecule has 2 N–H and O–H groups in total. The minimum Gasteiger partial charge on any atom is -0.350 e. The van der Waals surface area contributed by atoms with E-state index in [-0.39, 0.29) is 29.8 Å². The third-order valence-electron chi connectivity index (χ3n) is 3.36. The van der Waals surface area contributed by atoms with E-state index in [9.17, 15) is 4.79 Å². The molecule has 2 heterocycles. The second kappa shape index (κ2) is 7.07. The maximum absolute atomic E-state index is 12.2. The van der Waals surface area contributed by atoms with Crippen molar-refractivity contribution in [2.75, 3.05) is 13.6 Å². The summed E-state index contributed by atoms with van der Waals surface area (Å²) in [5.74, 6) is -0.146. The topological polar surface area (TPSA) is 80.0 Å². The molecule has 2 aromatic heterocycles. The van der Waals surface area contributed by atoms with Crippen molar-refractivity contribution in [3.8, 4) is 0 Å². The van der Waals surface area contributed by atoms with Crippen molar-refractivity contribution in [1.82, 2.24) is 20.8 Å². The first-order chi connectivity index (χ1) is 9.82. The summed E-state index contributed by atoms with van der Waals surface area (Å²) in [6, 6.07) is 2.00. The smallest absolute Gasteiger partial charge is 0.257 e. The number of aromatic nitrogens is 2. The first-order valence-electron chi connectivity index (χ1n) is 7.04. The van der Waals surface area contributed by atoms with Crippen molar-refractivity contribution in [1.29, 1.82) is 0 Å². The van der Waals surface area contributed by atoms with E-state index in [1.165, 1.54) is 6.20 Å². The summed E-state index contributed by atoms with van der Waals surface area (Å²) in [5.41, 5.74) is 1.62. The number of pyridine rings is 1. The number of carbonyl (C=O) groups is 1. The lowest BCUT2D eigenvalue weighted by Gasteiger charge is -2.14. The Morgan fingerprint density at radius 1 is 1.41 bits per heavy atom. The Bertz CT molecular complexity index is 649. The molecule has 0 bridgehead atoms. The zero-order valence-corrected chi connectivity index (χ0v) is 14.4. The molecule has 0 saturated heterocycles. The van der Waals surface area contributed by atoms with Gasteiger partial charge < -0.3 is 15.2 Å².